The number of amides is 1. The lowest BCUT2D eigenvalue weighted by molar-refractivity contribution is 0.102. The Morgan fingerprint density at radius 3 is 2.36 bits per heavy atom. The summed E-state index contributed by atoms with van der Waals surface area (Å²) in [6, 6.07) is 20.2. The third-order valence-electron chi connectivity index (χ3n) is 4.84. The highest BCUT2D eigenvalue weighted by Gasteiger charge is 2.23. The van der Waals surface area contributed by atoms with Gasteiger partial charge in [0.1, 0.15) is 5.69 Å². The molecule has 0 unspecified atom stereocenters. The van der Waals surface area contributed by atoms with E-state index in [9.17, 15) is 13.2 Å². The Bertz CT molecular complexity index is 1320. The van der Waals surface area contributed by atoms with E-state index < -0.39 is 15.9 Å². The maximum atomic E-state index is 13.1. The molecule has 0 aliphatic rings. The third-order valence-corrected chi connectivity index (χ3v) is 6.77. The molecule has 0 saturated carbocycles. The smallest absolute Gasteiger partial charge is 0.322 e. The second-order valence-electron chi connectivity index (χ2n) is 7.02. The number of aromatic nitrogens is 3. The van der Waals surface area contributed by atoms with Crippen LogP contribution in [0.2, 0.25) is 0 Å². The molecule has 2 aromatic carbocycles. The Morgan fingerprint density at radius 2 is 1.70 bits per heavy atom. The van der Waals surface area contributed by atoms with Gasteiger partial charge in [-0.15, -0.1) is 5.10 Å². The second kappa shape index (κ2) is 9.72. The lowest BCUT2D eigenvalue weighted by atomic mass is 10.2. The largest absolute Gasteiger partial charge is 0.401 e. The third kappa shape index (κ3) is 5.13. The number of carbonyl (C=O) groups excluding carboxylic acids is 1. The molecule has 10 heteroatoms. The van der Waals surface area contributed by atoms with Crippen LogP contribution >= 0.6 is 0 Å². The molecule has 0 aliphatic heterocycles. The number of sulfonamides is 1. The van der Waals surface area contributed by atoms with Gasteiger partial charge in [-0.1, -0.05) is 48.4 Å². The lowest BCUT2D eigenvalue weighted by Gasteiger charge is -2.20. The summed E-state index contributed by atoms with van der Waals surface area (Å²) in [5.41, 5.74) is 1.62. The molecule has 0 aliphatic carbocycles. The zero-order valence-corrected chi connectivity index (χ0v) is 18.6. The second-order valence-corrected chi connectivity index (χ2v) is 8.96. The minimum Gasteiger partial charge on any atom is -0.401 e. The minimum absolute atomic E-state index is 0.0858. The fourth-order valence-electron chi connectivity index (χ4n) is 3.12. The topological polar surface area (TPSA) is 118 Å². The molecule has 0 atom stereocenters. The van der Waals surface area contributed by atoms with Gasteiger partial charge >= 0.3 is 6.01 Å². The van der Waals surface area contributed by atoms with Gasteiger partial charge in [0.15, 0.2) is 0 Å². The van der Waals surface area contributed by atoms with E-state index in [2.05, 4.69) is 20.5 Å². The summed E-state index contributed by atoms with van der Waals surface area (Å²) < 4.78 is 32.9. The number of benzene rings is 2. The predicted molar refractivity (Wildman–Crippen MR) is 122 cm³/mol. The Hall–Kier alpha value is -3.89. The van der Waals surface area contributed by atoms with Crippen LogP contribution in [0.4, 0.5) is 6.01 Å². The van der Waals surface area contributed by atoms with Gasteiger partial charge in [0.25, 0.3) is 11.8 Å². The summed E-state index contributed by atoms with van der Waals surface area (Å²) in [6.45, 7) is 2.36. The molecule has 4 rings (SSSR count). The summed E-state index contributed by atoms with van der Waals surface area (Å²) >= 11 is 0. The van der Waals surface area contributed by atoms with Crippen molar-refractivity contribution >= 4 is 21.9 Å². The van der Waals surface area contributed by atoms with Gasteiger partial charge in [0.2, 0.25) is 10.0 Å². The Labute approximate surface area is 191 Å². The molecule has 9 nitrogen and oxygen atoms in total. The average molecular weight is 464 g/mol. The fourth-order valence-corrected chi connectivity index (χ4v) is 4.55. The number of carbonyl (C=O) groups is 1. The van der Waals surface area contributed by atoms with Crippen molar-refractivity contribution in [3.63, 3.8) is 0 Å². The molecule has 0 fully saturated rings. The highest BCUT2D eigenvalue weighted by Crippen LogP contribution is 2.20. The Morgan fingerprint density at radius 1 is 0.970 bits per heavy atom. The monoisotopic (exact) mass is 463 g/mol. The van der Waals surface area contributed by atoms with Gasteiger partial charge in [0.05, 0.1) is 4.90 Å². The van der Waals surface area contributed by atoms with Crippen LogP contribution in [-0.4, -0.2) is 40.4 Å². The first-order valence-electron chi connectivity index (χ1n) is 10.2. The number of pyridine rings is 1. The SMILES string of the molecule is CCN(Cc1ccccc1)S(=O)(=O)c1ccc(C(=O)Nc2nnc(-c3ccccn3)o2)cc1. The van der Waals surface area contributed by atoms with E-state index in [1.54, 1.807) is 31.3 Å². The number of hydrogen-bond acceptors (Lipinski definition) is 7. The standard InChI is InChI=1S/C23H21N5O4S/c1-2-28(16-17-8-4-3-5-9-17)33(30,31)19-13-11-18(12-14-19)21(29)25-23-27-26-22(32-23)20-10-6-7-15-24-20/h3-15H,2,16H2,1H3,(H,25,27,29). The van der Waals surface area contributed by atoms with Crippen LogP contribution in [0, 0.1) is 0 Å². The van der Waals surface area contributed by atoms with Crippen LogP contribution in [0.1, 0.15) is 22.8 Å². The van der Waals surface area contributed by atoms with Crippen molar-refractivity contribution in [1.29, 1.82) is 0 Å². The van der Waals surface area contributed by atoms with E-state index in [-0.39, 0.29) is 28.9 Å². The molecule has 168 valence electrons. The van der Waals surface area contributed by atoms with Crippen molar-refractivity contribution in [2.45, 2.75) is 18.4 Å². The van der Waals surface area contributed by atoms with Crippen molar-refractivity contribution < 1.29 is 17.6 Å². The van der Waals surface area contributed by atoms with Gasteiger partial charge in [-0.2, -0.15) is 4.31 Å². The number of nitrogens with one attached hydrogen (secondary N) is 1. The average Bonchev–Trinajstić information content (AvgIpc) is 3.32. The summed E-state index contributed by atoms with van der Waals surface area (Å²) in [7, 11) is -3.72. The van der Waals surface area contributed by atoms with Crippen molar-refractivity contribution in [2.24, 2.45) is 0 Å². The van der Waals surface area contributed by atoms with Crippen LogP contribution in [-0.2, 0) is 16.6 Å². The Kier molecular flexibility index (Phi) is 6.57. The normalized spacial score (nSPS) is 11.5. The molecule has 2 heterocycles. The summed E-state index contributed by atoms with van der Waals surface area (Å²) in [6.07, 6.45) is 1.59. The van der Waals surface area contributed by atoms with Crippen LogP contribution < -0.4 is 5.32 Å². The number of nitrogens with zero attached hydrogens (tertiary/aromatic N) is 4. The van der Waals surface area contributed by atoms with Crippen molar-refractivity contribution in [3.05, 3.63) is 90.1 Å². The fraction of sp³-hybridized carbons (Fsp3) is 0.130. The van der Waals surface area contributed by atoms with E-state index >= 15 is 0 Å². The van der Waals surface area contributed by atoms with Crippen LogP contribution in [0.15, 0.2) is 88.3 Å². The highest BCUT2D eigenvalue weighted by atomic mass is 32.2. The first-order valence-corrected chi connectivity index (χ1v) is 11.6. The van der Waals surface area contributed by atoms with Gasteiger partial charge < -0.3 is 4.42 Å². The molecule has 0 saturated heterocycles. The van der Waals surface area contributed by atoms with Crippen molar-refractivity contribution in [2.75, 3.05) is 11.9 Å². The summed E-state index contributed by atoms with van der Waals surface area (Å²) in [4.78, 5) is 16.8. The molecule has 1 N–H and O–H groups in total. The van der Waals surface area contributed by atoms with Gasteiger partial charge in [-0.3, -0.25) is 15.1 Å². The zero-order chi connectivity index (χ0) is 23.3. The van der Waals surface area contributed by atoms with Gasteiger partial charge in [0, 0.05) is 24.8 Å². The zero-order valence-electron chi connectivity index (χ0n) is 17.7. The number of anilines is 1. The molecular formula is C23H21N5O4S. The Balaban J connectivity index is 1.46. The molecule has 1 amide bonds. The van der Waals surface area contributed by atoms with Crippen LogP contribution in [0.5, 0.6) is 0 Å². The van der Waals surface area contributed by atoms with E-state index in [0.29, 0.717) is 12.2 Å². The van der Waals surface area contributed by atoms with Crippen LogP contribution in [0.25, 0.3) is 11.6 Å². The maximum Gasteiger partial charge on any atom is 0.322 e. The predicted octanol–water partition coefficient (Wildman–Crippen LogP) is 3.59. The summed E-state index contributed by atoms with van der Waals surface area (Å²) in [5.74, 6) is -0.336. The van der Waals surface area contributed by atoms with E-state index in [4.69, 9.17) is 4.42 Å². The van der Waals surface area contributed by atoms with E-state index in [0.717, 1.165) is 5.56 Å². The molecular weight excluding hydrogens is 442 g/mol. The summed E-state index contributed by atoms with van der Waals surface area (Å²) in [5, 5.41) is 10.2. The molecule has 4 aromatic rings. The van der Waals surface area contributed by atoms with Crippen LogP contribution in [0.3, 0.4) is 0 Å². The molecule has 0 bridgehead atoms. The molecule has 33 heavy (non-hydrogen) atoms. The number of rotatable bonds is 8. The highest BCUT2D eigenvalue weighted by molar-refractivity contribution is 7.89. The minimum atomic E-state index is -3.72. The molecule has 0 spiro atoms. The van der Waals surface area contributed by atoms with Crippen molar-refractivity contribution in [1.82, 2.24) is 19.5 Å². The van der Waals surface area contributed by atoms with E-state index in [1.165, 1.54) is 28.6 Å². The first-order chi connectivity index (χ1) is 16.0. The van der Waals surface area contributed by atoms with Gasteiger partial charge in [-0.05, 0) is 42.0 Å². The quantitative estimate of drug-likeness (QED) is 0.424. The van der Waals surface area contributed by atoms with E-state index in [1.807, 2.05) is 30.3 Å². The lowest BCUT2D eigenvalue weighted by Crippen LogP contribution is -2.30. The van der Waals surface area contributed by atoms with Gasteiger partial charge in [-0.25, -0.2) is 8.42 Å². The maximum absolute atomic E-state index is 13.1. The number of hydrogen-bond donors (Lipinski definition) is 1. The molecule has 2 aromatic heterocycles. The van der Waals surface area contributed by atoms with Crippen molar-refractivity contribution in [3.8, 4) is 11.6 Å². The molecule has 0 radical (unpaired) electrons. The first kappa shape index (κ1) is 22.3.